The lowest BCUT2D eigenvalue weighted by molar-refractivity contribution is -0.143. The third-order valence-corrected chi connectivity index (χ3v) is 5.64. The van der Waals surface area contributed by atoms with Crippen molar-refractivity contribution in [2.45, 2.75) is 13.3 Å². The number of anilines is 1. The minimum Gasteiger partial charge on any atom is -0.441 e. The van der Waals surface area contributed by atoms with Crippen LogP contribution in [0, 0.1) is 30.6 Å². The Morgan fingerprint density at radius 2 is 1.92 bits per heavy atom. The summed E-state index contributed by atoms with van der Waals surface area (Å²) in [5.41, 5.74) is 1.84. The number of allylic oxidation sites excluding steroid dienone is 2. The summed E-state index contributed by atoms with van der Waals surface area (Å²) >= 11 is 0. The van der Waals surface area contributed by atoms with Crippen molar-refractivity contribution < 1.29 is 18.8 Å². The van der Waals surface area contributed by atoms with Crippen molar-refractivity contribution in [3.05, 3.63) is 36.2 Å². The van der Waals surface area contributed by atoms with Crippen molar-refractivity contribution in [1.82, 2.24) is 9.88 Å². The molecule has 1 aromatic carbocycles. The predicted molar refractivity (Wildman–Crippen MR) is 91.8 cm³/mol. The molecule has 132 valence electrons. The summed E-state index contributed by atoms with van der Waals surface area (Å²) in [6, 6.07) is 5.14. The van der Waals surface area contributed by atoms with Crippen LogP contribution in [-0.4, -0.2) is 34.2 Å². The molecule has 1 aromatic heterocycles. The Morgan fingerprint density at radius 1 is 1.23 bits per heavy atom. The number of aryl methyl sites for hydroxylation is 1. The highest BCUT2D eigenvalue weighted by Crippen LogP contribution is 2.52. The van der Waals surface area contributed by atoms with Crippen LogP contribution in [0.25, 0.3) is 11.1 Å². The molecule has 2 aromatic rings. The Hall–Kier alpha value is -2.96. The molecule has 4 unspecified atom stereocenters. The lowest BCUT2D eigenvalue weighted by Gasteiger charge is -2.16. The number of carbonyl (C=O) groups is 3. The quantitative estimate of drug-likeness (QED) is 0.673. The van der Waals surface area contributed by atoms with E-state index in [-0.39, 0.29) is 42.0 Å². The first kappa shape index (κ1) is 15.3. The second-order valence-corrected chi connectivity index (χ2v) is 7.23. The van der Waals surface area contributed by atoms with Gasteiger partial charge >= 0.3 is 0 Å². The summed E-state index contributed by atoms with van der Waals surface area (Å²) < 4.78 is 5.40. The third kappa shape index (κ3) is 2.13. The number of likely N-dealkylation sites (tertiary alicyclic amines) is 1. The van der Waals surface area contributed by atoms with E-state index in [2.05, 4.69) is 10.3 Å². The number of amides is 3. The van der Waals surface area contributed by atoms with E-state index in [4.69, 9.17) is 4.42 Å². The molecule has 26 heavy (non-hydrogen) atoms. The first-order valence-electron chi connectivity index (χ1n) is 8.72. The minimum absolute atomic E-state index is 0.146. The van der Waals surface area contributed by atoms with E-state index in [1.807, 2.05) is 12.2 Å². The van der Waals surface area contributed by atoms with Crippen molar-refractivity contribution in [3.63, 3.8) is 0 Å². The number of hydrogen-bond donors (Lipinski definition) is 1. The monoisotopic (exact) mass is 351 g/mol. The Bertz CT molecular complexity index is 962. The number of fused-ring (bicyclic) bond motifs is 6. The number of benzene rings is 1. The van der Waals surface area contributed by atoms with Crippen LogP contribution >= 0.6 is 0 Å². The number of nitrogens with one attached hydrogen (secondary N) is 1. The fourth-order valence-corrected chi connectivity index (χ4v) is 4.58. The van der Waals surface area contributed by atoms with Gasteiger partial charge in [-0.2, -0.15) is 0 Å². The molecule has 7 heteroatoms. The van der Waals surface area contributed by atoms with Gasteiger partial charge in [-0.15, -0.1) is 0 Å². The van der Waals surface area contributed by atoms with Gasteiger partial charge in [0.1, 0.15) is 12.1 Å². The molecule has 2 heterocycles. The lowest BCUT2D eigenvalue weighted by Crippen LogP contribution is -2.39. The van der Waals surface area contributed by atoms with E-state index < -0.39 is 5.91 Å². The van der Waals surface area contributed by atoms with Crippen molar-refractivity contribution >= 4 is 34.5 Å². The van der Waals surface area contributed by atoms with E-state index in [1.54, 1.807) is 25.1 Å². The molecule has 4 atom stereocenters. The molecule has 1 saturated heterocycles. The summed E-state index contributed by atoms with van der Waals surface area (Å²) in [6.07, 6.45) is 4.95. The molecule has 2 fully saturated rings. The van der Waals surface area contributed by atoms with E-state index in [0.29, 0.717) is 22.7 Å². The van der Waals surface area contributed by atoms with E-state index in [9.17, 15) is 14.4 Å². The highest BCUT2D eigenvalue weighted by atomic mass is 16.3. The van der Waals surface area contributed by atoms with Crippen LogP contribution in [0.15, 0.2) is 34.8 Å². The van der Waals surface area contributed by atoms with Gasteiger partial charge in [0.15, 0.2) is 11.5 Å². The molecular formula is C19H17N3O4. The standard InChI is InChI=1S/C19H17N3O4/c1-9-20-13-7-12(4-5-14(13)26-9)21-15(23)8-22-18(24)16-10-2-3-11(6-10)17(16)19(22)25/h2-5,7,10-11,16-17H,6,8H2,1H3,(H,21,23). The van der Waals surface area contributed by atoms with Crippen molar-refractivity contribution in [3.8, 4) is 0 Å². The van der Waals surface area contributed by atoms with Crippen LogP contribution in [0.5, 0.6) is 0 Å². The highest BCUT2D eigenvalue weighted by Gasteiger charge is 2.59. The minimum atomic E-state index is -0.397. The predicted octanol–water partition coefficient (Wildman–Crippen LogP) is 1.88. The smallest absolute Gasteiger partial charge is 0.244 e. The number of aromatic nitrogens is 1. The van der Waals surface area contributed by atoms with Gasteiger partial charge in [0.2, 0.25) is 17.7 Å². The zero-order valence-corrected chi connectivity index (χ0v) is 14.1. The average molecular weight is 351 g/mol. The van der Waals surface area contributed by atoms with E-state index >= 15 is 0 Å². The van der Waals surface area contributed by atoms with Crippen molar-refractivity contribution in [1.29, 1.82) is 0 Å². The molecule has 1 saturated carbocycles. The van der Waals surface area contributed by atoms with E-state index in [1.165, 1.54) is 0 Å². The van der Waals surface area contributed by atoms with Crippen LogP contribution in [-0.2, 0) is 14.4 Å². The fraction of sp³-hybridized carbons (Fsp3) is 0.368. The summed E-state index contributed by atoms with van der Waals surface area (Å²) in [5.74, 6) is -0.540. The molecule has 0 radical (unpaired) electrons. The summed E-state index contributed by atoms with van der Waals surface area (Å²) in [6.45, 7) is 1.50. The topological polar surface area (TPSA) is 92.5 Å². The fourth-order valence-electron chi connectivity index (χ4n) is 4.58. The number of carbonyl (C=O) groups excluding carboxylic acids is 3. The van der Waals surface area contributed by atoms with Gasteiger partial charge in [-0.1, -0.05) is 12.2 Å². The summed E-state index contributed by atoms with van der Waals surface area (Å²) in [7, 11) is 0. The molecule has 2 bridgehead atoms. The van der Waals surface area contributed by atoms with Crippen molar-refractivity contribution in [2.24, 2.45) is 23.7 Å². The third-order valence-electron chi connectivity index (χ3n) is 5.64. The van der Waals surface area contributed by atoms with Crippen LogP contribution in [0.1, 0.15) is 12.3 Å². The molecule has 3 aliphatic rings. The largest absolute Gasteiger partial charge is 0.441 e. The molecule has 1 N–H and O–H groups in total. The molecule has 3 amide bonds. The highest BCUT2D eigenvalue weighted by molar-refractivity contribution is 6.09. The van der Waals surface area contributed by atoms with Crippen LogP contribution < -0.4 is 5.32 Å². The normalized spacial score (nSPS) is 29.0. The molecular weight excluding hydrogens is 334 g/mol. The Balaban J connectivity index is 1.31. The molecule has 5 rings (SSSR count). The van der Waals surface area contributed by atoms with E-state index in [0.717, 1.165) is 11.3 Å². The average Bonchev–Trinajstić information content (AvgIpc) is 3.34. The zero-order valence-electron chi connectivity index (χ0n) is 14.1. The van der Waals surface area contributed by atoms with Gasteiger partial charge in [0.25, 0.3) is 0 Å². The SMILES string of the molecule is Cc1nc2cc(NC(=O)CN3C(=O)C4C5C=CC(C5)C4C3=O)ccc2o1. The maximum atomic E-state index is 12.6. The van der Waals surface area contributed by atoms with Crippen LogP contribution in [0.4, 0.5) is 5.69 Å². The number of rotatable bonds is 3. The molecule has 7 nitrogen and oxygen atoms in total. The van der Waals surface area contributed by atoms with Gasteiger partial charge in [0.05, 0.1) is 11.8 Å². The Kier molecular flexibility index (Phi) is 3.10. The van der Waals surface area contributed by atoms with Crippen LogP contribution in [0.2, 0.25) is 0 Å². The summed E-state index contributed by atoms with van der Waals surface area (Å²) in [5, 5.41) is 2.73. The lowest BCUT2D eigenvalue weighted by atomic mass is 9.85. The van der Waals surface area contributed by atoms with Gasteiger partial charge in [-0.25, -0.2) is 4.98 Å². The number of hydrogen-bond acceptors (Lipinski definition) is 5. The van der Waals surface area contributed by atoms with Gasteiger partial charge in [-0.05, 0) is 36.5 Å². The first-order valence-corrected chi connectivity index (χ1v) is 8.72. The van der Waals surface area contributed by atoms with Crippen LogP contribution in [0.3, 0.4) is 0 Å². The Morgan fingerprint density at radius 3 is 2.62 bits per heavy atom. The number of imide groups is 1. The molecule has 0 spiro atoms. The molecule has 1 aliphatic heterocycles. The maximum absolute atomic E-state index is 12.6. The van der Waals surface area contributed by atoms with Gasteiger partial charge < -0.3 is 9.73 Å². The zero-order chi connectivity index (χ0) is 18.0. The second kappa shape index (κ2) is 5.27. The number of oxazole rings is 1. The molecule has 2 aliphatic carbocycles. The van der Waals surface area contributed by atoms with Gasteiger partial charge in [0, 0.05) is 12.6 Å². The summed E-state index contributed by atoms with van der Waals surface area (Å²) in [4.78, 5) is 43.0. The van der Waals surface area contributed by atoms with Crippen molar-refractivity contribution in [2.75, 3.05) is 11.9 Å². The Labute approximate surface area is 149 Å². The number of nitrogens with zero attached hydrogens (tertiary/aromatic N) is 2. The maximum Gasteiger partial charge on any atom is 0.244 e. The van der Waals surface area contributed by atoms with Gasteiger partial charge in [-0.3, -0.25) is 19.3 Å². The second-order valence-electron chi connectivity index (χ2n) is 7.23. The first-order chi connectivity index (χ1) is 12.5.